The first-order valence-corrected chi connectivity index (χ1v) is 37.3. The van der Waals surface area contributed by atoms with Crippen molar-refractivity contribution in [3.63, 3.8) is 0 Å². The summed E-state index contributed by atoms with van der Waals surface area (Å²) in [5, 5.41) is 57.1. The minimum Gasteiger partial charge on any atom is -0.477 e. The van der Waals surface area contributed by atoms with E-state index in [1.54, 1.807) is 32.6 Å². The van der Waals surface area contributed by atoms with Crippen LogP contribution in [0.3, 0.4) is 0 Å². The molecule has 3 N–H and O–H groups in total. The number of nitrogens with zero attached hydrogens (tertiary/aromatic N) is 10. The fourth-order valence-electron chi connectivity index (χ4n) is 12.7. The molecule has 1 aliphatic carbocycles. The Morgan fingerprint density at radius 2 is 1.10 bits per heavy atom. The van der Waals surface area contributed by atoms with Crippen LogP contribution in [0.1, 0.15) is 184 Å². The van der Waals surface area contributed by atoms with Gasteiger partial charge in [-0.2, -0.15) is 30.6 Å². The van der Waals surface area contributed by atoms with E-state index in [-0.39, 0.29) is 41.1 Å². The fourth-order valence-corrected chi connectivity index (χ4v) is 17.8. The zero-order chi connectivity index (χ0) is 68.8. The van der Waals surface area contributed by atoms with Gasteiger partial charge < -0.3 is 15.1 Å². The highest BCUT2D eigenvalue weighted by Crippen LogP contribution is 2.50. The number of aromatic nitrogens is 5. The first-order valence-electron chi connectivity index (χ1n) is 34.0. The smallest absolute Gasteiger partial charge is 0.346 e. The number of anilines is 3. The predicted octanol–water partition coefficient (Wildman–Crippen LogP) is 20.7. The number of allylic oxidation sites excluding steroid dienone is 3. The number of carbonyl (C=O) groups is 2. The Kier molecular flexibility index (Phi) is 21.9. The third-order valence-electron chi connectivity index (χ3n) is 18.1. The highest BCUT2D eigenvalue weighted by molar-refractivity contribution is 7.25. The van der Waals surface area contributed by atoms with Crippen LogP contribution in [0.2, 0.25) is 0 Å². The molecule has 2 aliphatic rings. The van der Waals surface area contributed by atoms with E-state index in [0.717, 1.165) is 136 Å². The Balaban J connectivity index is 0.948. The number of hydrogen-bond donors (Lipinski definition) is 3. The van der Waals surface area contributed by atoms with Crippen molar-refractivity contribution < 1.29 is 19.8 Å². The SMILES string of the molecule is CCCCc1ccc(N(c2ccc(-c3sc(-c4sc(C5=CC=C(C=C(C#N)C(=O)O)C6=NN(C(C)C)NC56)nc4C(CC)CC)cc3CCC)cc2)c2ccc(-c3sc(-c4sc(-c5ccc(C=C(C#N)C(=O)O)c6nn(C(C)C)nc56)nc4C(CC)CC)cc3CCC)cc2)cc1. The first-order chi connectivity index (χ1) is 47.0. The number of unbranched alkanes of at least 4 members (excludes halogenated alkanes) is 1. The van der Waals surface area contributed by atoms with Gasteiger partial charge >= 0.3 is 11.9 Å². The van der Waals surface area contributed by atoms with Gasteiger partial charge in [0, 0.05) is 70.7 Å². The van der Waals surface area contributed by atoms with E-state index in [1.807, 2.05) is 86.8 Å². The van der Waals surface area contributed by atoms with Crippen LogP contribution < -0.4 is 10.3 Å². The molecule has 6 heterocycles. The second-order valence-electron chi connectivity index (χ2n) is 25.3. The molecule has 0 radical (unpaired) electrons. The van der Waals surface area contributed by atoms with Crippen molar-refractivity contribution in [3.05, 3.63) is 171 Å². The van der Waals surface area contributed by atoms with Crippen LogP contribution in [-0.2, 0) is 28.9 Å². The molecule has 5 aromatic heterocycles. The Labute approximate surface area is 585 Å². The number of benzene rings is 4. The summed E-state index contributed by atoms with van der Waals surface area (Å²) in [7, 11) is 0. The molecule has 11 rings (SSSR count). The maximum atomic E-state index is 12.0. The molecule has 0 saturated carbocycles. The summed E-state index contributed by atoms with van der Waals surface area (Å²) in [4.78, 5) is 46.1. The standard InChI is InChI=1S/C78H83N11O4S4/c1-12-19-22-47-23-31-58(32-24-47)87(59-33-25-50(26-34-59)71-54(20-13-2)41-63(94-71)73-67(48(15-4)16-5)81-75(96-73)61-37-29-52(39-56(43-79)77(90)91)65-69(61)85-88(83-65)45(8)9)60-35-27-51(28-36-60)72-55(21-14-3)42-64(95-72)74-68(49(17-6)18-7)82-76(97-74)62-38-30-53(40-57(44-80)78(92)93)66-70(62)86-89(84-66)46(10)11/h23-42,45-46,48-49,69,85H,12-22H2,1-11H3,(H,90,91)(H,92,93). The average Bonchev–Trinajstić information content (AvgIpc) is 1.48. The summed E-state index contributed by atoms with van der Waals surface area (Å²) in [6.07, 6.45) is 17.5. The van der Waals surface area contributed by atoms with Gasteiger partial charge in [0.1, 0.15) is 50.4 Å². The maximum Gasteiger partial charge on any atom is 0.346 e. The number of nitrogens with one attached hydrogen (secondary N) is 1. The quantitative estimate of drug-likeness (QED) is 0.0308. The van der Waals surface area contributed by atoms with Crippen LogP contribution in [-0.4, -0.2) is 70.0 Å². The van der Waals surface area contributed by atoms with E-state index in [0.29, 0.717) is 27.9 Å². The molecule has 9 aromatic rings. The zero-order valence-corrected chi connectivity index (χ0v) is 60.3. The van der Waals surface area contributed by atoms with Gasteiger partial charge in [0.15, 0.2) is 0 Å². The number of hydrazine groups is 1. The molecular weight excluding hydrogens is 1280 g/mol. The molecule has 0 amide bonds. The minimum atomic E-state index is -1.30. The number of carboxylic acid groups (broad SMARTS) is 2. The number of rotatable bonds is 28. The summed E-state index contributed by atoms with van der Waals surface area (Å²) < 4.78 is 0. The number of fused-ring (bicyclic) bond motifs is 2. The lowest BCUT2D eigenvalue weighted by Crippen LogP contribution is -2.42. The Bertz CT molecular complexity index is 4630. The highest BCUT2D eigenvalue weighted by atomic mass is 32.1. The molecule has 0 saturated heterocycles. The molecule has 0 bridgehead atoms. The molecule has 1 unspecified atom stereocenters. The maximum absolute atomic E-state index is 12.0. The fraction of sp³-hybridized carbons (Fsp3) is 0.346. The Morgan fingerprint density at radius 1 is 0.598 bits per heavy atom. The van der Waals surface area contributed by atoms with Crippen molar-refractivity contribution in [2.24, 2.45) is 5.10 Å². The number of thiazole rings is 2. The van der Waals surface area contributed by atoms with Crippen LogP contribution in [0.4, 0.5) is 17.1 Å². The van der Waals surface area contributed by atoms with Crippen molar-refractivity contribution in [2.45, 2.75) is 177 Å². The van der Waals surface area contributed by atoms with Gasteiger partial charge in [-0.25, -0.2) is 30.1 Å². The Hall–Kier alpha value is -8.95. The van der Waals surface area contributed by atoms with Crippen LogP contribution in [0, 0.1) is 22.7 Å². The summed E-state index contributed by atoms with van der Waals surface area (Å²) in [6, 6.07) is 39.0. The van der Waals surface area contributed by atoms with Crippen molar-refractivity contribution in [2.75, 3.05) is 4.90 Å². The van der Waals surface area contributed by atoms with Gasteiger partial charge in [0.25, 0.3) is 0 Å². The molecule has 1 aliphatic heterocycles. The van der Waals surface area contributed by atoms with Crippen molar-refractivity contribution in [1.29, 1.82) is 10.5 Å². The van der Waals surface area contributed by atoms with E-state index in [9.17, 15) is 30.3 Å². The second kappa shape index (κ2) is 30.6. The molecule has 15 nitrogen and oxygen atoms in total. The summed E-state index contributed by atoms with van der Waals surface area (Å²) in [5.41, 5.74) is 19.1. The normalized spacial score (nSPS) is 14.2. The van der Waals surface area contributed by atoms with Crippen LogP contribution in [0.5, 0.6) is 0 Å². The van der Waals surface area contributed by atoms with E-state index in [4.69, 9.17) is 25.3 Å². The minimum absolute atomic E-state index is 0.0145. The largest absolute Gasteiger partial charge is 0.477 e. The molecule has 0 spiro atoms. The van der Waals surface area contributed by atoms with Crippen LogP contribution in [0.25, 0.3) is 73.6 Å². The molecule has 0 fully saturated rings. The molecule has 498 valence electrons. The van der Waals surface area contributed by atoms with E-state index < -0.39 is 11.9 Å². The number of nitriles is 2. The third kappa shape index (κ3) is 14.4. The average molecular weight is 1370 g/mol. The van der Waals surface area contributed by atoms with Gasteiger partial charge in [-0.1, -0.05) is 122 Å². The molecule has 19 heteroatoms. The number of hydrazone groups is 1. The van der Waals surface area contributed by atoms with Crippen molar-refractivity contribution in [1.82, 2.24) is 35.5 Å². The predicted molar refractivity (Wildman–Crippen MR) is 400 cm³/mol. The molecule has 1 atom stereocenters. The summed E-state index contributed by atoms with van der Waals surface area (Å²) >= 11 is 7.03. The number of thiophene rings is 2. The molecule has 97 heavy (non-hydrogen) atoms. The number of aryl methyl sites for hydroxylation is 3. The van der Waals surface area contributed by atoms with Gasteiger partial charge in [-0.05, 0) is 174 Å². The van der Waals surface area contributed by atoms with E-state index in [1.165, 1.54) is 53.2 Å². The molecular formula is C78H83N11O4S4. The topological polar surface area (TPSA) is 210 Å². The number of carboxylic acids is 2. The summed E-state index contributed by atoms with van der Waals surface area (Å²) in [5.74, 6) is -2.12. The number of aliphatic carboxylic acids is 2. The monoisotopic (exact) mass is 1370 g/mol. The zero-order valence-electron chi connectivity index (χ0n) is 57.0. The van der Waals surface area contributed by atoms with Gasteiger partial charge in [-0.15, -0.1) is 45.3 Å². The highest BCUT2D eigenvalue weighted by Gasteiger charge is 2.37. The van der Waals surface area contributed by atoms with Gasteiger partial charge in [0.05, 0.1) is 38.9 Å². The number of hydrogen-bond acceptors (Lipinski definition) is 16. The van der Waals surface area contributed by atoms with Crippen LogP contribution in [0.15, 0.2) is 137 Å². The Morgan fingerprint density at radius 3 is 1.59 bits per heavy atom. The lowest BCUT2D eigenvalue weighted by atomic mass is 9.90. The first kappa shape index (κ1) is 69.4. The van der Waals surface area contributed by atoms with E-state index >= 15 is 0 Å². The van der Waals surface area contributed by atoms with Gasteiger partial charge in [0.2, 0.25) is 0 Å². The second-order valence-corrected chi connectivity index (χ2v) is 29.4. The van der Waals surface area contributed by atoms with Gasteiger partial charge in [-0.3, -0.25) is 0 Å². The molecule has 4 aromatic carbocycles. The van der Waals surface area contributed by atoms with E-state index in [2.05, 4.69) is 144 Å². The van der Waals surface area contributed by atoms with Crippen LogP contribution >= 0.6 is 45.3 Å². The summed E-state index contributed by atoms with van der Waals surface area (Å²) in [6.45, 7) is 23.7. The third-order valence-corrected chi connectivity index (χ3v) is 23.1. The lowest BCUT2D eigenvalue weighted by Gasteiger charge is -2.26. The van der Waals surface area contributed by atoms with Crippen molar-refractivity contribution >= 4 is 103 Å². The lowest BCUT2D eigenvalue weighted by molar-refractivity contribution is -0.133. The van der Waals surface area contributed by atoms with Crippen molar-refractivity contribution in [3.8, 4) is 63.1 Å².